The second-order valence-electron chi connectivity index (χ2n) is 6.48. The number of nitrogens with one attached hydrogen (secondary N) is 1. The average Bonchev–Trinajstić information content (AvgIpc) is 3.02. The number of aliphatic hydroxyl groups is 1. The van der Waals surface area contributed by atoms with Crippen LogP contribution in [0, 0.1) is 5.92 Å². The van der Waals surface area contributed by atoms with Crippen LogP contribution in [0.4, 0.5) is 5.69 Å². The second kappa shape index (κ2) is 4.91. The third-order valence-corrected chi connectivity index (χ3v) is 5.01. The zero-order chi connectivity index (χ0) is 17.2. The van der Waals surface area contributed by atoms with E-state index in [0.29, 0.717) is 17.6 Å². The van der Waals surface area contributed by atoms with Gasteiger partial charge in [0.25, 0.3) is 0 Å². The number of aliphatic carboxylic acids is 1. The van der Waals surface area contributed by atoms with Crippen molar-refractivity contribution in [1.82, 2.24) is 4.90 Å². The molecule has 0 saturated carbocycles. The maximum Gasteiger partial charge on any atom is 0.352 e. The molecule has 24 heavy (non-hydrogen) atoms. The molecule has 1 fully saturated rings. The summed E-state index contributed by atoms with van der Waals surface area (Å²) in [5.41, 5.74) is 2.82. The second-order valence-corrected chi connectivity index (χ2v) is 6.48. The molecule has 124 valence electrons. The zero-order valence-corrected chi connectivity index (χ0v) is 12.9. The Bertz CT molecular complexity index is 826. The average molecular weight is 328 g/mol. The molecule has 3 aliphatic rings. The number of carbonyl (C=O) groups excluding carboxylic acids is 2. The van der Waals surface area contributed by atoms with Crippen LogP contribution in [0.25, 0.3) is 5.57 Å². The predicted octanol–water partition coefficient (Wildman–Crippen LogP) is 0.588. The smallest absolute Gasteiger partial charge is 0.352 e. The Hall–Kier alpha value is -2.67. The van der Waals surface area contributed by atoms with Crippen LogP contribution >= 0.6 is 0 Å². The highest BCUT2D eigenvalue weighted by Crippen LogP contribution is 2.47. The normalized spacial score (nSPS) is 26.0. The Kier molecular flexibility index (Phi) is 3.05. The summed E-state index contributed by atoms with van der Waals surface area (Å²) in [5, 5.41) is 22.1. The van der Waals surface area contributed by atoms with Crippen molar-refractivity contribution in [3.8, 4) is 0 Å². The van der Waals surface area contributed by atoms with E-state index in [0.717, 1.165) is 11.3 Å². The fraction of sp³-hybridized carbons (Fsp3) is 0.353. The van der Waals surface area contributed by atoms with Gasteiger partial charge in [-0.3, -0.25) is 9.59 Å². The van der Waals surface area contributed by atoms with Crippen LogP contribution in [-0.2, 0) is 20.8 Å². The predicted molar refractivity (Wildman–Crippen MR) is 83.8 cm³/mol. The first-order valence-electron chi connectivity index (χ1n) is 7.79. The molecule has 7 nitrogen and oxygen atoms in total. The molecule has 3 atom stereocenters. The molecule has 7 heteroatoms. The molecular weight excluding hydrogens is 312 g/mol. The third-order valence-electron chi connectivity index (χ3n) is 5.01. The van der Waals surface area contributed by atoms with Crippen molar-refractivity contribution in [1.29, 1.82) is 0 Å². The van der Waals surface area contributed by atoms with E-state index in [1.807, 2.05) is 0 Å². The Balaban J connectivity index is 1.75. The monoisotopic (exact) mass is 328 g/mol. The standard InChI is InChI=1S/C17H16N2O5/c1-7(20)14-12-6-10(15(17(23)24)19(12)16(14)22)8-2-3-11-9(4-8)5-13(21)18-11/h2-4,7,12,14,20H,5-6H2,1H3,(H,18,21)(H,23,24)/t7-,12-,14+/m1/s1. The van der Waals surface area contributed by atoms with Gasteiger partial charge in [0.1, 0.15) is 5.70 Å². The van der Waals surface area contributed by atoms with Gasteiger partial charge < -0.3 is 20.4 Å². The van der Waals surface area contributed by atoms with Crippen LogP contribution in [-0.4, -0.2) is 45.0 Å². The number of benzene rings is 1. The third kappa shape index (κ3) is 1.91. The van der Waals surface area contributed by atoms with Gasteiger partial charge in [-0.15, -0.1) is 0 Å². The highest BCUT2D eigenvalue weighted by molar-refractivity contribution is 6.06. The number of aliphatic hydroxyl groups excluding tert-OH is 1. The molecule has 0 aromatic heterocycles. The number of carboxylic acid groups (broad SMARTS) is 1. The van der Waals surface area contributed by atoms with Crippen LogP contribution in [0.15, 0.2) is 23.9 Å². The molecule has 2 amide bonds. The summed E-state index contributed by atoms with van der Waals surface area (Å²) in [4.78, 5) is 36.7. The topological polar surface area (TPSA) is 107 Å². The quantitative estimate of drug-likeness (QED) is 0.704. The van der Waals surface area contributed by atoms with E-state index >= 15 is 0 Å². The number of nitrogens with zero attached hydrogens (tertiary/aromatic N) is 1. The summed E-state index contributed by atoms with van der Waals surface area (Å²) >= 11 is 0. The minimum Gasteiger partial charge on any atom is -0.477 e. The molecule has 0 unspecified atom stereocenters. The van der Waals surface area contributed by atoms with Crippen LogP contribution in [0.2, 0.25) is 0 Å². The van der Waals surface area contributed by atoms with E-state index in [2.05, 4.69) is 5.32 Å². The van der Waals surface area contributed by atoms with E-state index in [-0.39, 0.29) is 30.0 Å². The first-order chi connectivity index (χ1) is 11.4. The van der Waals surface area contributed by atoms with E-state index < -0.39 is 18.0 Å². The summed E-state index contributed by atoms with van der Waals surface area (Å²) in [6.45, 7) is 1.55. The van der Waals surface area contributed by atoms with Gasteiger partial charge in [0.15, 0.2) is 0 Å². The fourth-order valence-electron chi connectivity index (χ4n) is 3.94. The van der Waals surface area contributed by atoms with E-state index in [9.17, 15) is 24.6 Å². The Labute approximate surface area is 137 Å². The molecule has 0 bridgehead atoms. The SMILES string of the molecule is C[C@@H](O)[C@@H]1C(=O)N2C(C(=O)O)=C(c3ccc4c(c3)CC(=O)N4)C[C@H]12. The van der Waals surface area contributed by atoms with Gasteiger partial charge in [0.2, 0.25) is 11.8 Å². The number of carboxylic acids is 1. The van der Waals surface area contributed by atoms with Crippen molar-refractivity contribution < 1.29 is 24.6 Å². The molecule has 0 radical (unpaired) electrons. The number of carbonyl (C=O) groups is 3. The van der Waals surface area contributed by atoms with E-state index in [1.165, 1.54) is 4.90 Å². The maximum absolute atomic E-state index is 12.2. The van der Waals surface area contributed by atoms with Crippen molar-refractivity contribution in [2.45, 2.75) is 31.9 Å². The highest BCUT2D eigenvalue weighted by atomic mass is 16.4. The first-order valence-corrected chi connectivity index (χ1v) is 7.79. The van der Waals surface area contributed by atoms with Crippen molar-refractivity contribution in [2.24, 2.45) is 5.92 Å². The summed E-state index contributed by atoms with van der Waals surface area (Å²) in [6, 6.07) is 5.01. The Morgan fingerprint density at radius 1 is 1.38 bits per heavy atom. The minimum atomic E-state index is -1.15. The number of hydrogen-bond donors (Lipinski definition) is 3. The van der Waals surface area contributed by atoms with Crippen molar-refractivity contribution in [2.75, 3.05) is 5.32 Å². The molecule has 0 aliphatic carbocycles. The largest absolute Gasteiger partial charge is 0.477 e. The zero-order valence-electron chi connectivity index (χ0n) is 12.9. The first kappa shape index (κ1) is 14.9. The molecule has 3 N–H and O–H groups in total. The lowest BCUT2D eigenvalue weighted by Gasteiger charge is -2.44. The maximum atomic E-state index is 12.2. The number of amides is 2. The number of hydrogen-bond acceptors (Lipinski definition) is 4. The van der Waals surface area contributed by atoms with Crippen molar-refractivity contribution in [3.63, 3.8) is 0 Å². The number of rotatable bonds is 3. The summed E-state index contributed by atoms with van der Waals surface area (Å²) in [6.07, 6.45) is -0.153. The van der Waals surface area contributed by atoms with E-state index in [4.69, 9.17) is 0 Å². The molecular formula is C17H16N2O5. The summed E-state index contributed by atoms with van der Waals surface area (Å²) in [7, 11) is 0. The summed E-state index contributed by atoms with van der Waals surface area (Å²) < 4.78 is 0. The number of anilines is 1. The number of fused-ring (bicyclic) bond motifs is 2. The van der Waals surface area contributed by atoms with Crippen LogP contribution in [0.5, 0.6) is 0 Å². The lowest BCUT2D eigenvalue weighted by molar-refractivity contribution is -0.161. The number of β-lactam (4-membered cyclic amide) rings is 1. The Morgan fingerprint density at radius 2 is 2.12 bits per heavy atom. The molecule has 1 saturated heterocycles. The molecule has 1 aromatic rings. The van der Waals surface area contributed by atoms with Gasteiger partial charge >= 0.3 is 5.97 Å². The Morgan fingerprint density at radius 3 is 2.79 bits per heavy atom. The van der Waals surface area contributed by atoms with Crippen LogP contribution < -0.4 is 5.32 Å². The van der Waals surface area contributed by atoms with Gasteiger partial charge in [-0.1, -0.05) is 6.07 Å². The van der Waals surface area contributed by atoms with Crippen LogP contribution in [0.3, 0.4) is 0 Å². The van der Waals surface area contributed by atoms with Crippen molar-refractivity contribution >= 4 is 29.0 Å². The van der Waals surface area contributed by atoms with Gasteiger partial charge in [-0.25, -0.2) is 4.79 Å². The van der Waals surface area contributed by atoms with Crippen LogP contribution in [0.1, 0.15) is 24.5 Å². The summed E-state index contributed by atoms with van der Waals surface area (Å²) in [5.74, 6) is -2.15. The molecule has 3 aliphatic heterocycles. The van der Waals surface area contributed by atoms with Gasteiger partial charge in [0.05, 0.1) is 24.5 Å². The molecule has 4 rings (SSSR count). The minimum absolute atomic E-state index is 0.0147. The van der Waals surface area contributed by atoms with Gasteiger partial charge in [0, 0.05) is 5.69 Å². The molecule has 1 aromatic carbocycles. The van der Waals surface area contributed by atoms with Crippen molar-refractivity contribution in [3.05, 3.63) is 35.0 Å². The lowest BCUT2D eigenvalue weighted by Crippen LogP contribution is -2.61. The van der Waals surface area contributed by atoms with E-state index in [1.54, 1.807) is 25.1 Å². The molecule has 3 heterocycles. The molecule has 0 spiro atoms. The highest BCUT2D eigenvalue weighted by Gasteiger charge is 2.56. The van der Waals surface area contributed by atoms with Gasteiger partial charge in [-0.05, 0) is 42.2 Å². The fourth-order valence-corrected chi connectivity index (χ4v) is 3.94. The lowest BCUT2D eigenvalue weighted by atomic mass is 9.82. The van der Waals surface area contributed by atoms with Gasteiger partial charge in [-0.2, -0.15) is 0 Å².